The highest BCUT2D eigenvalue weighted by Gasteiger charge is 2.34. The number of allylic oxidation sites excluding steroid dienone is 1. The number of rotatable bonds is 13. The van der Waals surface area contributed by atoms with Crippen LogP contribution in [0.15, 0.2) is 22.7 Å². The second kappa shape index (κ2) is 19.4. The average molecular weight is 700 g/mol. The highest BCUT2D eigenvalue weighted by Crippen LogP contribution is 2.47. The Kier molecular flexibility index (Phi) is 14.7. The van der Waals surface area contributed by atoms with Gasteiger partial charge in [0.2, 0.25) is 0 Å². The van der Waals surface area contributed by atoms with Crippen LogP contribution < -0.4 is 16.2 Å². The number of carbonyl (C=O) groups excluding carboxylic acids is 1. The van der Waals surface area contributed by atoms with Crippen molar-refractivity contribution >= 4 is 11.7 Å². The molecule has 0 aromatic heterocycles. The highest BCUT2D eigenvalue weighted by atomic mass is 16.5. The zero-order chi connectivity index (χ0) is 36.2. The standard InChI is InChI=1S/C43H61N3O5/c1-29-9-3-6-12-32-19-23-37-33(18-21-35(48)25-31(27-47)17-16-30-10-4-5-11-30)26-40(51-36-13-7-8-14-36)42(49)41(37)38(22-15-29)34(28-50-2)20-24-39(32)46-43(44)45/h25-26,29-30,32,34,36,38-39,47,49H,4-5,7-18,20-22,24,27-28H2,1-2H3,(H4,44,45,46)/b31-25-/t29-,32-,34+,38+,39-/m0/s1. The Hall–Kier alpha value is -3.46. The van der Waals surface area contributed by atoms with Crippen molar-refractivity contribution in [2.45, 2.75) is 141 Å². The van der Waals surface area contributed by atoms with Crippen LogP contribution in [0.25, 0.3) is 0 Å². The first-order valence-corrected chi connectivity index (χ1v) is 19.7. The summed E-state index contributed by atoms with van der Waals surface area (Å²) in [5.74, 6) is 15.4. The molecule has 8 nitrogen and oxygen atoms in total. The minimum Gasteiger partial charge on any atom is -0.504 e. The summed E-state index contributed by atoms with van der Waals surface area (Å²) in [5.41, 5.74) is 15.2. The third kappa shape index (κ3) is 11.0. The van der Waals surface area contributed by atoms with E-state index in [1.165, 1.54) is 25.7 Å². The fraction of sp³-hybridized carbons (Fsp3) is 0.674. The zero-order valence-corrected chi connectivity index (χ0v) is 31.1. The molecule has 5 aliphatic carbocycles. The van der Waals surface area contributed by atoms with Gasteiger partial charge in [0.05, 0.1) is 24.7 Å². The van der Waals surface area contributed by atoms with Crippen LogP contribution in [0.5, 0.6) is 11.5 Å². The summed E-state index contributed by atoms with van der Waals surface area (Å²) in [7, 11) is 1.73. The smallest absolute Gasteiger partial charge is 0.186 e. The molecule has 6 N–H and O–H groups in total. The number of ether oxygens (including phenoxy) is 2. The van der Waals surface area contributed by atoms with Crippen molar-refractivity contribution in [3.63, 3.8) is 0 Å². The number of nitrogens with two attached hydrogens (primary N) is 2. The minimum absolute atomic E-state index is 0.00659. The van der Waals surface area contributed by atoms with Gasteiger partial charge in [0, 0.05) is 44.1 Å². The number of aliphatic hydroxyl groups is 1. The van der Waals surface area contributed by atoms with Crippen LogP contribution in [0.4, 0.5) is 0 Å². The van der Waals surface area contributed by atoms with E-state index in [2.05, 4.69) is 35.6 Å². The first kappa shape index (κ1) is 38.8. The fourth-order valence-corrected chi connectivity index (χ4v) is 8.75. The average Bonchev–Trinajstić information content (AvgIpc) is 3.83. The molecular weight excluding hydrogens is 638 g/mol. The minimum atomic E-state index is -0.230. The Balaban J connectivity index is 1.60. The third-order valence-corrected chi connectivity index (χ3v) is 11.7. The topological polar surface area (TPSA) is 140 Å². The predicted molar refractivity (Wildman–Crippen MR) is 203 cm³/mol. The Morgan fingerprint density at radius 2 is 1.75 bits per heavy atom. The number of benzene rings is 1. The van der Waals surface area contributed by atoms with Gasteiger partial charge in [-0.05, 0) is 118 Å². The van der Waals surface area contributed by atoms with Crippen molar-refractivity contribution in [1.29, 1.82) is 0 Å². The first-order chi connectivity index (χ1) is 24.7. The number of aromatic hydroxyl groups is 1. The van der Waals surface area contributed by atoms with Crippen LogP contribution in [0.3, 0.4) is 0 Å². The number of methoxy groups -OCH3 is 1. The molecule has 0 unspecified atom stereocenters. The van der Waals surface area contributed by atoms with E-state index in [0.29, 0.717) is 37.0 Å². The molecule has 8 heteroatoms. The van der Waals surface area contributed by atoms with Crippen molar-refractivity contribution in [2.75, 3.05) is 20.3 Å². The van der Waals surface area contributed by atoms with Gasteiger partial charge in [0.25, 0.3) is 0 Å². The predicted octanol–water partition coefficient (Wildman–Crippen LogP) is 7.07. The van der Waals surface area contributed by atoms with E-state index in [9.17, 15) is 15.0 Å². The maximum Gasteiger partial charge on any atom is 0.186 e. The lowest BCUT2D eigenvalue weighted by atomic mass is 9.74. The first-order valence-electron chi connectivity index (χ1n) is 19.7. The molecule has 5 atom stereocenters. The third-order valence-electron chi connectivity index (χ3n) is 11.7. The number of fused-ring (bicyclic) bond motifs is 8. The van der Waals surface area contributed by atoms with Crippen molar-refractivity contribution in [1.82, 2.24) is 0 Å². The van der Waals surface area contributed by atoms with Gasteiger partial charge < -0.3 is 31.2 Å². The lowest BCUT2D eigenvalue weighted by Gasteiger charge is -2.33. The molecular formula is C43H61N3O5. The molecule has 5 aliphatic rings. The van der Waals surface area contributed by atoms with Gasteiger partial charge in [-0.15, -0.1) is 11.8 Å². The largest absolute Gasteiger partial charge is 0.504 e. The summed E-state index contributed by atoms with van der Waals surface area (Å²) in [4.78, 5) is 18.2. The number of phenolic OH excluding ortho intramolecular Hbond substituents is 1. The van der Waals surface area contributed by atoms with E-state index in [1.54, 1.807) is 13.2 Å². The molecule has 0 spiro atoms. The van der Waals surface area contributed by atoms with Crippen LogP contribution in [0, 0.1) is 47.4 Å². The quantitative estimate of drug-likeness (QED) is 0.0748. The molecule has 0 saturated heterocycles. The maximum atomic E-state index is 13.5. The second-order valence-corrected chi connectivity index (χ2v) is 15.7. The van der Waals surface area contributed by atoms with Crippen LogP contribution in [-0.4, -0.2) is 54.4 Å². The van der Waals surface area contributed by atoms with E-state index >= 15 is 0 Å². The van der Waals surface area contributed by atoms with E-state index in [-0.39, 0.29) is 60.4 Å². The van der Waals surface area contributed by atoms with Gasteiger partial charge >= 0.3 is 0 Å². The number of nitrogens with zero attached hydrogens (tertiary/aromatic N) is 1. The van der Waals surface area contributed by atoms with Crippen LogP contribution >= 0.6 is 0 Å². The number of aliphatic imine (C=N–C) groups is 1. The number of hydrogen-bond acceptors (Lipinski definition) is 6. The molecule has 1 aromatic rings. The van der Waals surface area contributed by atoms with E-state index in [4.69, 9.17) is 20.9 Å². The highest BCUT2D eigenvalue weighted by molar-refractivity contribution is 5.90. The van der Waals surface area contributed by atoms with Crippen LogP contribution in [0.1, 0.15) is 139 Å². The van der Waals surface area contributed by atoms with Gasteiger partial charge in [0.15, 0.2) is 23.2 Å². The number of aliphatic hydroxyl groups excluding tert-OH is 1. The van der Waals surface area contributed by atoms with E-state index in [1.807, 2.05) is 6.07 Å². The van der Waals surface area contributed by atoms with Gasteiger partial charge in [0.1, 0.15) is 0 Å². The Labute approximate surface area is 306 Å². The Morgan fingerprint density at radius 1 is 1.00 bits per heavy atom. The molecule has 0 heterocycles. The SMILES string of the molecule is COC[C@H]1CC[C@H](N=C(N)N)[C@@H]2C#Cc3c(CCC(=O)/C=C(\CO)CCC4CCCC4)cc(OC4CCCC4)c(O)c3[C@@H]1CC[C@@H](C)CC#CC2. The van der Waals surface area contributed by atoms with E-state index < -0.39 is 0 Å². The lowest BCUT2D eigenvalue weighted by Crippen LogP contribution is -2.30. The molecule has 1 aromatic carbocycles. The van der Waals surface area contributed by atoms with Gasteiger partial charge in [-0.3, -0.25) is 4.79 Å². The monoisotopic (exact) mass is 699 g/mol. The van der Waals surface area contributed by atoms with Gasteiger partial charge in [-0.1, -0.05) is 44.4 Å². The summed E-state index contributed by atoms with van der Waals surface area (Å²) < 4.78 is 12.5. The number of phenols is 1. The number of hydrogen-bond donors (Lipinski definition) is 4. The summed E-state index contributed by atoms with van der Waals surface area (Å²) in [6, 6.07) is 1.70. The molecule has 2 bridgehead atoms. The lowest BCUT2D eigenvalue weighted by molar-refractivity contribution is -0.114. The summed E-state index contributed by atoms with van der Waals surface area (Å²) in [6.07, 6.45) is 18.0. The summed E-state index contributed by atoms with van der Waals surface area (Å²) in [6.45, 7) is 2.66. The molecule has 0 amide bonds. The van der Waals surface area contributed by atoms with Crippen molar-refractivity contribution in [2.24, 2.45) is 40.1 Å². The van der Waals surface area contributed by atoms with Crippen molar-refractivity contribution in [3.8, 4) is 35.2 Å². The molecule has 2 fully saturated rings. The Bertz CT molecular complexity index is 1510. The normalized spacial score (nSPS) is 25.9. The molecule has 2 saturated carbocycles. The van der Waals surface area contributed by atoms with Crippen LogP contribution in [0.2, 0.25) is 0 Å². The molecule has 278 valence electrons. The van der Waals surface area contributed by atoms with E-state index in [0.717, 1.165) is 92.9 Å². The fourth-order valence-electron chi connectivity index (χ4n) is 8.75. The molecule has 51 heavy (non-hydrogen) atoms. The van der Waals surface area contributed by atoms with Gasteiger partial charge in [-0.25, -0.2) is 4.99 Å². The summed E-state index contributed by atoms with van der Waals surface area (Å²) in [5, 5.41) is 22.4. The molecule has 0 radical (unpaired) electrons. The zero-order valence-electron chi connectivity index (χ0n) is 31.1. The Morgan fingerprint density at radius 3 is 2.47 bits per heavy atom. The maximum absolute atomic E-state index is 13.5. The number of carbonyl (C=O) groups is 1. The van der Waals surface area contributed by atoms with Gasteiger partial charge in [-0.2, -0.15) is 0 Å². The van der Waals surface area contributed by atoms with Crippen molar-refractivity contribution < 1.29 is 24.5 Å². The number of aryl methyl sites for hydroxylation is 1. The van der Waals surface area contributed by atoms with Crippen molar-refractivity contribution in [3.05, 3.63) is 34.4 Å². The number of ketones is 1. The molecule has 6 rings (SSSR count). The second-order valence-electron chi connectivity index (χ2n) is 15.7. The number of guanidine groups is 1. The van der Waals surface area contributed by atoms with Crippen LogP contribution in [-0.2, 0) is 16.0 Å². The molecule has 0 aliphatic heterocycles. The summed E-state index contributed by atoms with van der Waals surface area (Å²) >= 11 is 0.